The van der Waals surface area contributed by atoms with Gasteiger partial charge in [-0.15, -0.1) is 0 Å². The van der Waals surface area contributed by atoms with Gasteiger partial charge in [0.15, 0.2) is 0 Å². The zero-order valence-corrected chi connectivity index (χ0v) is 52.6. The van der Waals surface area contributed by atoms with Crippen LogP contribution in [-0.2, 0) is 0 Å². The van der Waals surface area contributed by atoms with Gasteiger partial charge in [-0.05, 0) is 119 Å². The molecular formula is C88H54N10. The molecule has 10 nitrogen and oxygen atoms in total. The Balaban J connectivity index is 0.000000143. The average Bonchev–Trinajstić information content (AvgIpc) is 0.799. The second-order valence-electron chi connectivity index (χ2n) is 24.4. The second-order valence-corrected chi connectivity index (χ2v) is 24.4. The quantitative estimate of drug-likeness (QED) is 0.129. The molecule has 0 atom stereocenters. The summed E-state index contributed by atoms with van der Waals surface area (Å²) < 4.78 is 0. The third-order valence-corrected chi connectivity index (χ3v) is 18.3. The highest BCUT2D eigenvalue weighted by Gasteiger charge is 2.14. The number of hydrogen-bond acceptors (Lipinski definition) is 10. The molecule has 0 amide bonds. The number of fused-ring (bicyclic) bond motifs is 10. The Labute approximate surface area is 563 Å². The largest absolute Gasteiger partial charge is 0.264 e. The fraction of sp³-hybridized carbons (Fsp3) is 0. The Morgan fingerprint density at radius 3 is 0.765 bits per heavy atom. The molecule has 10 heterocycles. The smallest absolute Gasteiger partial charge is 0.0972 e. The van der Waals surface area contributed by atoms with Crippen molar-refractivity contribution < 1.29 is 0 Å². The van der Waals surface area contributed by atoms with Crippen molar-refractivity contribution in [1.29, 1.82) is 0 Å². The highest BCUT2D eigenvalue weighted by Crippen LogP contribution is 2.36. The molecule has 0 saturated carbocycles. The maximum absolute atomic E-state index is 5.14. The third-order valence-electron chi connectivity index (χ3n) is 18.3. The molecule has 456 valence electrons. The van der Waals surface area contributed by atoms with Crippen molar-refractivity contribution >= 4 is 87.2 Å². The predicted octanol–water partition coefficient (Wildman–Crippen LogP) is 21.6. The Morgan fingerprint density at radius 2 is 0.418 bits per heavy atom. The second kappa shape index (κ2) is 24.5. The summed E-state index contributed by atoms with van der Waals surface area (Å²) >= 11 is 0. The van der Waals surface area contributed by atoms with Crippen LogP contribution in [0.25, 0.3) is 188 Å². The molecule has 19 rings (SSSR count). The minimum atomic E-state index is 0.903. The Kier molecular flexibility index (Phi) is 14.3. The zero-order valence-electron chi connectivity index (χ0n) is 52.6. The van der Waals surface area contributed by atoms with Crippen molar-refractivity contribution in [1.82, 2.24) is 49.8 Å². The molecule has 98 heavy (non-hydrogen) atoms. The van der Waals surface area contributed by atoms with Crippen molar-refractivity contribution in [2.24, 2.45) is 0 Å². The monoisotopic (exact) mass is 1250 g/mol. The molecule has 0 aliphatic rings. The van der Waals surface area contributed by atoms with Crippen LogP contribution in [0, 0.1) is 0 Å². The number of pyridine rings is 10. The number of rotatable bonds is 9. The van der Waals surface area contributed by atoms with Crippen LogP contribution < -0.4 is 0 Å². The van der Waals surface area contributed by atoms with Crippen LogP contribution >= 0.6 is 0 Å². The van der Waals surface area contributed by atoms with Gasteiger partial charge in [0.25, 0.3) is 0 Å². The van der Waals surface area contributed by atoms with Gasteiger partial charge in [-0.25, -0.2) is 34.9 Å². The highest BCUT2D eigenvalue weighted by atomic mass is 14.8. The molecule has 0 N–H and O–H groups in total. The first-order valence-electron chi connectivity index (χ1n) is 32.5. The van der Waals surface area contributed by atoms with E-state index in [1.54, 1.807) is 12.4 Å². The number of hydrogen-bond donors (Lipinski definition) is 0. The molecular weight excluding hydrogens is 1200 g/mol. The first kappa shape index (κ1) is 57.2. The maximum Gasteiger partial charge on any atom is 0.0972 e. The molecule has 9 aromatic carbocycles. The van der Waals surface area contributed by atoms with E-state index < -0.39 is 0 Å². The van der Waals surface area contributed by atoms with Gasteiger partial charge in [0, 0.05) is 113 Å². The van der Waals surface area contributed by atoms with E-state index in [0.717, 1.165) is 188 Å². The van der Waals surface area contributed by atoms with Crippen LogP contribution in [0.4, 0.5) is 0 Å². The molecule has 10 heteroatoms. The first-order chi connectivity index (χ1) is 48.5. The third kappa shape index (κ3) is 11.1. The summed E-state index contributed by atoms with van der Waals surface area (Å²) in [5.41, 5.74) is 25.6. The van der Waals surface area contributed by atoms with Crippen molar-refractivity contribution in [2.75, 3.05) is 0 Å². The topological polar surface area (TPSA) is 129 Å². The lowest BCUT2D eigenvalue weighted by atomic mass is 10.0. The van der Waals surface area contributed by atoms with Crippen molar-refractivity contribution in [3.63, 3.8) is 0 Å². The molecule has 0 bridgehead atoms. The fourth-order valence-corrected chi connectivity index (χ4v) is 13.1. The van der Waals surface area contributed by atoms with E-state index in [2.05, 4.69) is 252 Å². The zero-order chi connectivity index (χ0) is 64.9. The average molecular weight is 1250 g/mol. The van der Waals surface area contributed by atoms with E-state index in [-0.39, 0.29) is 0 Å². The van der Waals surface area contributed by atoms with Gasteiger partial charge in [-0.2, -0.15) is 0 Å². The van der Waals surface area contributed by atoms with Crippen molar-refractivity contribution in [3.8, 4) is 101 Å². The molecule has 10 aromatic heterocycles. The molecule has 0 fully saturated rings. The number of nitrogens with zero attached hydrogens (tertiary/aromatic N) is 10. The molecule has 0 unspecified atom stereocenters. The van der Waals surface area contributed by atoms with E-state index in [4.69, 9.17) is 34.9 Å². The van der Waals surface area contributed by atoms with E-state index in [0.29, 0.717) is 0 Å². The predicted molar refractivity (Wildman–Crippen MR) is 400 cm³/mol. The van der Waals surface area contributed by atoms with Gasteiger partial charge in [0.2, 0.25) is 0 Å². The lowest BCUT2D eigenvalue weighted by Gasteiger charge is -2.09. The van der Waals surface area contributed by atoms with Gasteiger partial charge in [-0.3, -0.25) is 15.0 Å². The SMILES string of the molecule is c1ccc(-c2ccc3ccc4ccc(-c5ccc(-c6ccc7ccc(-c8ccc9ccc(-c%10cccnc%10)nc9c8)cc7n6)cc5)nc4c3n2)cc1.c1cncc(-c2ccc3ccc(-c4ccc5ccc(-c6ccc(-c7ccc8ccc9cccnc9c8n7)cc6)nc5c4)cc3n2)c1. The summed E-state index contributed by atoms with van der Waals surface area (Å²) in [6.45, 7) is 0. The summed E-state index contributed by atoms with van der Waals surface area (Å²) in [5.74, 6) is 0. The van der Waals surface area contributed by atoms with Gasteiger partial charge in [0.1, 0.15) is 0 Å². The summed E-state index contributed by atoms with van der Waals surface area (Å²) in [5, 5.41) is 8.71. The van der Waals surface area contributed by atoms with Crippen LogP contribution in [0.2, 0.25) is 0 Å². The van der Waals surface area contributed by atoms with Crippen molar-refractivity contribution in [2.45, 2.75) is 0 Å². The molecule has 19 aromatic rings. The van der Waals surface area contributed by atoms with Gasteiger partial charge < -0.3 is 0 Å². The summed E-state index contributed by atoms with van der Waals surface area (Å²) in [7, 11) is 0. The standard InChI is InChI=1S/C47H29N5.C41H25N5/c1-2-5-30(6-3-1)41-24-20-35-14-15-36-21-25-42(52-47(36)46(35)51-41)32-10-8-31(9-11-32)40-22-18-33-12-16-37(27-44(33)49-40)38-17-13-34-19-23-43(50-45(34)28-38)39-7-4-26-48-29-39;1-4-34(25-42-21-1)37-19-16-29-10-14-33(24-39(29)45-37)32-13-9-28-15-18-35(44-38(28)23-32)26-5-7-27(8-6-26)36-20-17-31-12-11-30-3-2-22-43-40(30)41(31)46-36/h1-29H;1-25H. The molecule has 0 saturated heterocycles. The van der Waals surface area contributed by atoms with Crippen LogP contribution in [0.15, 0.2) is 328 Å². The summed E-state index contributed by atoms with van der Waals surface area (Å²) in [4.78, 5) is 48.4. The Hall–Kier alpha value is -13.4. The first-order valence-corrected chi connectivity index (χ1v) is 32.5. The van der Waals surface area contributed by atoms with E-state index in [9.17, 15) is 0 Å². The highest BCUT2D eigenvalue weighted by molar-refractivity contribution is 6.05. The van der Waals surface area contributed by atoms with Crippen LogP contribution in [-0.4, -0.2) is 49.8 Å². The minimum Gasteiger partial charge on any atom is -0.264 e. The number of benzene rings is 9. The van der Waals surface area contributed by atoms with E-state index >= 15 is 0 Å². The molecule has 0 aliphatic heterocycles. The van der Waals surface area contributed by atoms with E-state index in [1.807, 2.05) is 79.3 Å². The van der Waals surface area contributed by atoms with Gasteiger partial charge in [-0.1, -0.05) is 200 Å². The maximum atomic E-state index is 5.14. The minimum absolute atomic E-state index is 0.903. The lowest BCUT2D eigenvalue weighted by Crippen LogP contribution is -1.91. The van der Waals surface area contributed by atoms with Crippen LogP contribution in [0.1, 0.15) is 0 Å². The van der Waals surface area contributed by atoms with Crippen LogP contribution in [0.5, 0.6) is 0 Å². The van der Waals surface area contributed by atoms with Crippen LogP contribution in [0.3, 0.4) is 0 Å². The van der Waals surface area contributed by atoms with Gasteiger partial charge in [0.05, 0.1) is 84.0 Å². The van der Waals surface area contributed by atoms with Gasteiger partial charge >= 0.3 is 0 Å². The summed E-state index contributed by atoms with van der Waals surface area (Å²) in [6.07, 6.45) is 9.07. The fourth-order valence-electron chi connectivity index (χ4n) is 13.1. The number of aromatic nitrogens is 10. The molecule has 0 radical (unpaired) electrons. The molecule has 0 spiro atoms. The Bertz CT molecular complexity index is 6290. The normalized spacial score (nSPS) is 11.5. The van der Waals surface area contributed by atoms with E-state index in [1.165, 1.54) is 0 Å². The Morgan fingerprint density at radius 1 is 0.163 bits per heavy atom. The lowest BCUT2D eigenvalue weighted by molar-refractivity contribution is 1.30. The summed E-state index contributed by atoms with van der Waals surface area (Å²) in [6, 6.07) is 103. The molecule has 0 aliphatic carbocycles. The van der Waals surface area contributed by atoms with Crippen molar-refractivity contribution in [3.05, 3.63) is 328 Å².